The third-order valence-electron chi connectivity index (χ3n) is 5.68. The van der Waals surface area contributed by atoms with Gasteiger partial charge in [-0.3, -0.25) is 14.4 Å². The highest BCUT2D eigenvalue weighted by Crippen LogP contribution is 2.53. The molecular formula is C22H18ClN3O3S2. The first kappa shape index (κ1) is 20.4. The molecule has 1 saturated heterocycles. The number of rotatable bonds is 3. The number of carbonyl (C=O) groups excluding carboxylic acids is 2. The van der Waals surface area contributed by atoms with Crippen molar-refractivity contribution in [3.63, 3.8) is 0 Å². The summed E-state index contributed by atoms with van der Waals surface area (Å²) in [5.41, 5.74) is 2.45. The molecule has 0 spiro atoms. The smallest absolute Gasteiger partial charge is 0.305 e. The molecule has 2 aromatic carbocycles. The molecule has 3 aromatic rings. The number of hydrogen-bond acceptors (Lipinski definition) is 6. The van der Waals surface area contributed by atoms with Gasteiger partial charge < -0.3 is 9.88 Å². The molecule has 0 aliphatic carbocycles. The zero-order valence-corrected chi connectivity index (χ0v) is 19.1. The van der Waals surface area contributed by atoms with Crippen molar-refractivity contribution in [1.82, 2.24) is 4.98 Å². The van der Waals surface area contributed by atoms with Gasteiger partial charge in [-0.15, -0.1) is 0 Å². The van der Waals surface area contributed by atoms with Gasteiger partial charge in [0.15, 0.2) is 0 Å². The molecule has 158 valence electrons. The standard InChI is InChI=1S/C22H18ClN3O3S2/c1-25(2)13-7-3-11(4-8-13)15-16-18(30-19-17(15)31-22(29)24-19)21(28)26(20(16)27)14-9-5-12(23)6-10-14/h3-10,15-16,18H,1-2H3,(H,24,29)/t15-,16?,18?/m1/s1. The van der Waals surface area contributed by atoms with Crippen LogP contribution in [0.5, 0.6) is 0 Å². The highest BCUT2D eigenvalue weighted by Gasteiger charge is 2.56. The normalized spacial score (nSPS) is 22.4. The van der Waals surface area contributed by atoms with E-state index in [2.05, 4.69) is 4.98 Å². The second kappa shape index (κ2) is 7.55. The van der Waals surface area contributed by atoms with Gasteiger partial charge in [-0.1, -0.05) is 46.8 Å². The van der Waals surface area contributed by atoms with Crippen LogP contribution in [0.2, 0.25) is 5.02 Å². The molecule has 0 bridgehead atoms. The Kier molecular flexibility index (Phi) is 4.96. The van der Waals surface area contributed by atoms with Gasteiger partial charge in [0.2, 0.25) is 11.8 Å². The van der Waals surface area contributed by atoms with E-state index in [0.29, 0.717) is 15.7 Å². The number of nitrogens with zero attached hydrogens (tertiary/aromatic N) is 2. The van der Waals surface area contributed by atoms with E-state index >= 15 is 0 Å². The molecule has 0 radical (unpaired) electrons. The molecule has 5 rings (SSSR count). The van der Waals surface area contributed by atoms with E-state index in [0.717, 1.165) is 27.5 Å². The summed E-state index contributed by atoms with van der Waals surface area (Å²) >= 11 is 8.37. The van der Waals surface area contributed by atoms with E-state index in [9.17, 15) is 14.4 Å². The molecule has 2 aliphatic rings. The van der Waals surface area contributed by atoms with E-state index in [1.807, 2.05) is 43.3 Å². The fraction of sp³-hybridized carbons (Fsp3) is 0.227. The molecule has 2 unspecified atom stereocenters. The van der Waals surface area contributed by atoms with Crippen LogP contribution >= 0.6 is 34.7 Å². The van der Waals surface area contributed by atoms with Crippen molar-refractivity contribution in [3.05, 3.63) is 73.7 Å². The fourth-order valence-electron chi connectivity index (χ4n) is 4.20. The van der Waals surface area contributed by atoms with Crippen molar-refractivity contribution >= 4 is 57.9 Å². The van der Waals surface area contributed by atoms with Crippen molar-refractivity contribution in [2.75, 3.05) is 23.9 Å². The molecule has 3 heterocycles. The Balaban J connectivity index is 1.62. The maximum atomic E-state index is 13.6. The maximum Gasteiger partial charge on any atom is 0.305 e. The van der Waals surface area contributed by atoms with Crippen LogP contribution in [0.15, 0.2) is 58.4 Å². The van der Waals surface area contributed by atoms with E-state index in [1.165, 1.54) is 16.7 Å². The minimum atomic E-state index is -0.598. The number of amides is 2. The quantitative estimate of drug-likeness (QED) is 0.585. The summed E-state index contributed by atoms with van der Waals surface area (Å²) in [6, 6.07) is 14.6. The van der Waals surface area contributed by atoms with Crippen LogP contribution in [0.4, 0.5) is 11.4 Å². The van der Waals surface area contributed by atoms with Gasteiger partial charge in [0.1, 0.15) is 5.25 Å². The van der Waals surface area contributed by atoms with Gasteiger partial charge in [0.25, 0.3) is 0 Å². The average Bonchev–Trinajstić information content (AvgIpc) is 3.24. The molecule has 1 N–H and O–H groups in total. The zero-order valence-electron chi connectivity index (χ0n) is 16.7. The van der Waals surface area contributed by atoms with Crippen LogP contribution < -0.4 is 14.7 Å². The van der Waals surface area contributed by atoms with E-state index < -0.39 is 11.2 Å². The molecule has 6 nitrogen and oxygen atoms in total. The predicted molar refractivity (Wildman–Crippen MR) is 125 cm³/mol. The van der Waals surface area contributed by atoms with E-state index in [-0.39, 0.29) is 22.6 Å². The van der Waals surface area contributed by atoms with Crippen molar-refractivity contribution in [2.45, 2.75) is 16.2 Å². The minimum Gasteiger partial charge on any atom is -0.378 e. The first-order valence-electron chi connectivity index (χ1n) is 9.65. The highest BCUT2D eigenvalue weighted by atomic mass is 35.5. The number of anilines is 2. The van der Waals surface area contributed by atoms with Crippen LogP contribution in [-0.2, 0) is 9.59 Å². The SMILES string of the molecule is CN(C)c1ccc([C@H]2c3sc(=O)[nH]c3SC3C(=O)N(c4ccc(Cl)cc4)C(=O)C32)cc1. The summed E-state index contributed by atoms with van der Waals surface area (Å²) in [5, 5.41) is 0.616. The molecule has 3 atom stereocenters. The summed E-state index contributed by atoms with van der Waals surface area (Å²) in [6.45, 7) is 0. The van der Waals surface area contributed by atoms with Crippen molar-refractivity contribution in [1.29, 1.82) is 0 Å². The van der Waals surface area contributed by atoms with Gasteiger partial charge in [0.05, 0.1) is 16.6 Å². The van der Waals surface area contributed by atoms with E-state index in [4.69, 9.17) is 11.6 Å². The third-order valence-corrected chi connectivity index (χ3v) is 8.33. The summed E-state index contributed by atoms with van der Waals surface area (Å²) in [6.07, 6.45) is 0. The first-order chi connectivity index (χ1) is 14.8. The lowest BCUT2D eigenvalue weighted by Crippen LogP contribution is -2.32. The Morgan fingerprint density at radius 1 is 0.968 bits per heavy atom. The molecular weight excluding hydrogens is 454 g/mol. The lowest BCUT2D eigenvalue weighted by atomic mass is 9.83. The number of fused-ring (bicyclic) bond motifs is 2. The number of halogens is 1. The van der Waals surface area contributed by atoms with Gasteiger partial charge in [-0.25, -0.2) is 4.90 Å². The van der Waals surface area contributed by atoms with Crippen LogP contribution in [0, 0.1) is 5.92 Å². The predicted octanol–water partition coefficient (Wildman–Crippen LogP) is 3.95. The Labute approximate surface area is 191 Å². The fourth-order valence-corrected chi connectivity index (χ4v) is 6.84. The van der Waals surface area contributed by atoms with Gasteiger partial charge in [-0.05, 0) is 42.0 Å². The molecule has 2 amide bonds. The van der Waals surface area contributed by atoms with Crippen LogP contribution in [0.1, 0.15) is 16.4 Å². The lowest BCUT2D eigenvalue weighted by Gasteiger charge is -2.30. The third kappa shape index (κ3) is 3.30. The minimum absolute atomic E-state index is 0.179. The Morgan fingerprint density at radius 3 is 2.29 bits per heavy atom. The van der Waals surface area contributed by atoms with Crippen molar-refractivity contribution in [2.24, 2.45) is 5.92 Å². The van der Waals surface area contributed by atoms with Crippen LogP contribution in [0.3, 0.4) is 0 Å². The molecule has 0 saturated carbocycles. The topological polar surface area (TPSA) is 73.5 Å². The number of benzene rings is 2. The lowest BCUT2D eigenvalue weighted by molar-refractivity contribution is -0.122. The second-order valence-electron chi connectivity index (χ2n) is 7.72. The van der Waals surface area contributed by atoms with Gasteiger partial charge in [0, 0.05) is 35.6 Å². The number of aromatic nitrogens is 1. The van der Waals surface area contributed by atoms with Crippen molar-refractivity contribution < 1.29 is 9.59 Å². The summed E-state index contributed by atoms with van der Waals surface area (Å²) in [4.78, 5) is 45.8. The largest absolute Gasteiger partial charge is 0.378 e. The number of imide groups is 1. The van der Waals surface area contributed by atoms with E-state index in [1.54, 1.807) is 24.3 Å². The number of thiazole rings is 1. The first-order valence-corrected chi connectivity index (χ1v) is 11.7. The Bertz CT molecular complexity index is 1230. The number of hydrogen-bond donors (Lipinski definition) is 1. The number of thioether (sulfide) groups is 1. The molecule has 31 heavy (non-hydrogen) atoms. The number of aromatic amines is 1. The van der Waals surface area contributed by atoms with Crippen LogP contribution in [0.25, 0.3) is 0 Å². The second-order valence-corrected chi connectivity index (χ2v) is 10.3. The summed E-state index contributed by atoms with van der Waals surface area (Å²) < 4.78 is 0. The number of nitrogens with one attached hydrogen (secondary N) is 1. The molecule has 2 aliphatic heterocycles. The monoisotopic (exact) mass is 471 g/mol. The molecule has 1 fully saturated rings. The van der Waals surface area contributed by atoms with Crippen LogP contribution in [-0.4, -0.2) is 36.1 Å². The molecule has 1 aromatic heterocycles. The molecule has 9 heteroatoms. The summed E-state index contributed by atoms with van der Waals surface area (Å²) in [7, 11) is 3.92. The Hall–Kier alpha value is -2.55. The highest BCUT2D eigenvalue weighted by molar-refractivity contribution is 8.00. The zero-order chi connectivity index (χ0) is 21.9. The number of carbonyl (C=O) groups is 2. The number of H-pyrrole nitrogens is 1. The van der Waals surface area contributed by atoms with Crippen molar-refractivity contribution in [3.8, 4) is 0 Å². The maximum absolute atomic E-state index is 13.6. The summed E-state index contributed by atoms with van der Waals surface area (Å²) in [5.74, 6) is -1.47. The van der Waals surface area contributed by atoms with Gasteiger partial charge in [-0.2, -0.15) is 0 Å². The van der Waals surface area contributed by atoms with Gasteiger partial charge >= 0.3 is 4.87 Å². The average molecular weight is 472 g/mol. The Morgan fingerprint density at radius 2 is 1.65 bits per heavy atom.